The van der Waals surface area contributed by atoms with E-state index in [0.717, 1.165) is 22.3 Å². The average Bonchev–Trinajstić information content (AvgIpc) is 2.67. The van der Waals surface area contributed by atoms with Gasteiger partial charge in [-0.1, -0.05) is 83.8 Å². The maximum absolute atomic E-state index is 12.8. The summed E-state index contributed by atoms with van der Waals surface area (Å²) in [4.78, 5) is 12.8. The van der Waals surface area contributed by atoms with Gasteiger partial charge in [-0.15, -0.1) is 0 Å². The standard InChI is InChI=1S/C25H20O/c1-19-8-12-22(13-9-19)18-24(23-15-10-20(2)11-16-23)25(26)17-14-21-6-4-3-5-7-21/h3-13,15-16,18H,1-2H3/b24-18+. The Morgan fingerprint density at radius 3 is 1.96 bits per heavy atom. The molecule has 3 aromatic rings. The van der Waals surface area contributed by atoms with E-state index >= 15 is 0 Å². The third kappa shape index (κ3) is 4.59. The van der Waals surface area contributed by atoms with Crippen molar-refractivity contribution < 1.29 is 4.79 Å². The van der Waals surface area contributed by atoms with E-state index in [4.69, 9.17) is 0 Å². The Morgan fingerprint density at radius 1 is 0.769 bits per heavy atom. The molecule has 1 heteroatoms. The van der Waals surface area contributed by atoms with Crippen molar-refractivity contribution in [3.63, 3.8) is 0 Å². The predicted octanol–water partition coefficient (Wildman–Crippen LogP) is 5.46. The molecule has 126 valence electrons. The van der Waals surface area contributed by atoms with Crippen LogP contribution < -0.4 is 0 Å². The molecule has 0 saturated heterocycles. The molecule has 0 saturated carbocycles. The van der Waals surface area contributed by atoms with E-state index in [1.165, 1.54) is 5.56 Å². The first-order chi connectivity index (χ1) is 12.6. The quantitative estimate of drug-likeness (QED) is 0.352. The van der Waals surface area contributed by atoms with Gasteiger partial charge < -0.3 is 0 Å². The van der Waals surface area contributed by atoms with E-state index < -0.39 is 0 Å². The number of rotatable bonds is 3. The van der Waals surface area contributed by atoms with Crippen molar-refractivity contribution in [3.8, 4) is 11.8 Å². The normalized spacial score (nSPS) is 10.8. The molecule has 0 bridgehead atoms. The van der Waals surface area contributed by atoms with Crippen LogP contribution >= 0.6 is 0 Å². The summed E-state index contributed by atoms with van der Waals surface area (Å²) >= 11 is 0. The van der Waals surface area contributed by atoms with Crippen molar-refractivity contribution in [2.45, 2.75) is 13.8 Å². The third-order valence-corrected chi connectivity index (χ3v) is 4.09. The summed E-state index contributed by atoms with van der Waals surface area (Å²) in [5, 5.41) is 0. The molecule has 0 aliphatic heterocycles. The number of hydrogen-bond acceptors (Lipinski definition) is 1. The first-order valence-corrected chi connectivity index (χ1v) is 8.58. The second-order valence-corrected chi connectivity index (χ2v) is 6.28. The van der Waals surface area contributed by atoms with Crippen molar-refractivity contribution in [2.75, 3.05) is 0 Å². The van der Waals surface area contributed by atoms with Crippen molar-refractivity contribution in [3.05, 3.63) is 107 Å². The van der Waals surface area contributed by atoms with E-state index in [1.54, 1.807) is 0 Å². The van der Waals surface area contributed by atoms with E-state index in [-0.39, 0.29) is 5.78 Å². The zero-order valence-corrected chi connectivity index (χ0v) is 15.0. The molecule has 0 N–H and O–H groups in total. The molecule has 0 aliphatic carbocycles. The molecule has 3 rings (SSSR count). The summed E-state index contributed by atoms with van der Waals surface area (Å²) in [6.45, 7) is 4.08. The Morgan fingerprint density at radius 2 is 1.35 bits per heavy atom. The van der Waals surface area contributed by atoms with E-state index in [9.17, 15) is 4.79 Å². The Bertz CT molecular complexity index is 980. The van der Waals surface area contributed by atoms with Crippen LogP contribution in [0.15, 0.2) is 78.9 Å². The topological polar surface area (TPSA) is 17.1 Å². The fourth-order valence-electron chi connectivity index (χ4n) is 2.56. The van der Waals surface area contributed by atoms with Crippen LogP contribution in [0.1, 0.15) is 27.8 Å². The summed E-state index contributed by atoms with van der Waals surface area (Å²) in [7, 11) is 0. The predicted molar refractivity (Wildman–Crippen MR) is 109 cm³/mol. The average molecular weight is 336 g/mol. The summed E-state index contributed by atoms with van der Waals surface area (Å²) in [6.07, 6.45) is 1.91. The highest BCUT2D eigenvalue weighted by Crippen LogP contribution is 2.20. The van der Waals surface area contributed by atoms with Crippen molar-refractivity contribution in [1.29, 1.82) is 0 Å². The maximum Gasteiger partial charge on any atom is 0.236 e. The zero-order chi connectivity index (χ0) is 18.4. The molecule has 0 amide bonds. The number of carbonyl (C=O) groups excluding carboxylic acids is 1. The SMILES string of the molecule is Cc1ccc(/C=C(/C(=O)C#Cc2ccccc2)c2ccc(C)cc2)cc1. The van der Waals surface area contributed by atoms with E-state index in [1.807, 2.05) is 98.8 Å². The molecular formula is C25H20O. The first-order valence-electron chi connectivity index (χ1n) is 8.58. The Labute approximate surface area is 155 Å². The molecule has 26 heavy (non-hydrogen) atoms. The highest BCUT2D eigenvalue weighted by Gasteiger charge is 2.10. The Hall–Kier alpha value is -3.37. The molecule has 0 aliphatic rings. The number of allylic oxidation sites excluding steroid dienone is 1. The molecule has 0 fully saturated rings. The van der Waals surface area contributed by atoms with Crippen LogP contribution in [0.5, 0.6) is 0 Å². The molecule has 0 spiro atoms. The van der Waals surface area contributed by atoms with Crippen molar-refractivity contribution in [2.24, 2.45) is 0 Å². The lowest BCUT2D eigenvalue weighted by atomic mass is 9.97. The summed E-state index contributed by atoms with van der Waals surface area (Å²) in [5.74, 6) is 5.56. The highest BCUT2D eigenvalue weighted by molar-refractivity contribution is 6.32. The summed E-state index contributed by atoms with van der Waals surface area (Å²) in [5.41, 5.74) is 5.65. The minimum absolute atomic E-state index is 0.182. The number of carbonyl (C=O) groups is 1. The molecule has 0 unspecified atom stereocenters. The summed E-state index contributed by atoms with van der Waals surface area (Å²) in [6, 6.07) is 25.6. The number of benzene rings is 3. The van der Waals surface area contributed by atoms with Crippen LogP contribution in [0.25, 0.3) is 11.6 Å². The zero-order valence-electron chi connectivity index (χ0n) is 15.0. The number of hydrogen-bond donors (Lipinski definition) is 0. The van der Waals surface area contributed by atoms with Crippen LogP contribution in [-0.2, 0) is 4.79 Å². The fraction of sp³-hybridized carbons (Fsp3) is 0.0800. The van der Waals surface area contributed by atoms with E-state index in [2.05, 4.69) is 11.8 Å². The minimum Gasteiger partial charge on any atom is -0.279 e. The van der Waals surface area contributed by atoms with Gasteiger partial charge >= 0.3 is 0 Å². The molecular weight excluding hydrogens is 316 g/mol. The maximum atomic E-state index is 12.8. The smallest absolute Gasteiger partial charge is 0.236 e. The Balaban J connectivity index is 2.00. The van der Waals surface area contributed by atoms with Crippen molar-refractivity contribution >= 4 is 17.4 Å². The minimum atomic E-state index is -0.182. The van der Waals surface area contributed by atoms with Gasteiger partial charge in [-0.2, -0.15) is 0 Å². The van der Waals surface area contributed by atoms with Gasteiger partial charge in [-0.3, -0.25) is 4.79 Å². The largest absolute Gasteiger partial charge is 0.279 e. The molecule has 1 nitrogen and oxygen atoms in total. The lowest BCUT2D eigenvalue weighted by Crippen LogP contribution is -1.99. The molecule has 0 heterocycles. The van der Waals surface area contributed by atoms with Gasteiger partial charge in [0.15, 0.2) is 0 Å². The van der Waals surface area contributed by atoms with Gasteiger partial charge in [-0.05, 0) is 49.1 Å². The van der Waals surface area contributed by atoms with Crippen LogP contribution in [0.4, 0.5) is 0 Å². The van der Waals surface area contributed by atoms with Gasteiger partial charge in [0.1, 0.15) is 0 Å². The summed E-state index contributed by atoms with van der Waals surface area (Å²) < 4.78 is 0. The molecule has 0 radical (unpaired) electrons. The van der Waals surface area contributed by atoms with Gasteiger partial charge in [0.25, 0.3) is 0 Å². The van der Waals surface area contributed by atoms with Crippen molar-refractivity contribution in [1.82, 2.24) is 0 Å². The first kappa shape index (κ1) is 17.5. The number of Topliss-reactive ketones (excluding diaryl/α,β-unsaturated/α-hetero) is 1. The van der Waals surface area contributed by atoms with Crippen LogP contribution in [-0.4, -0.2) is 5.78 Å². The van der Waals surface area contributed by atoms with Gasteiger partial charge in [0.2, 0.25) is 5.78 Å². The second-order valence-electron chi connectivity index (χ2n) is 6.28. The molecule has 3 aromatic carbocycles. The number of aryl methyl sites for hydroxylation is 2. The lowest BCUT2D eigenvalue weighted by Gasteiger charge is -2.05. The van der Waals surface area contributed by atoms with E-state index in [0.29, 0.717) is 5.57 Å². The lowest BCUT2D eigenvalue weighted by molar-refractivity contribution is -0.108. The highest BCUT2D eigenvalue weighted by atomic mass is 16.1. The van der Waals surface area contributed by atoms with Gasteiger partial charge in [0, 0.05) is 11.1 Å². The van der Waals surface area contributed by atoms with Gasteiger partial charge in [0.05, 0.1) is 0 Å². The monoisotopic (exact) mass is 336 g/mol. The Kier molecular flexibility index (Phi) is 5.46. The molecule has 0 atom stereocenters. The fourth-order valence-corrected chi connectivity index (χ4v) is 2.56. The third-order valence-electron chi connectivity index (χ3n) is 4.09. The van der Waals surface area contributed by atoms with Crippen LogP contribution in [0.3, 0.4) is 0 Å². The van der Waals surface area contributed by atoms with Gasteiger partial charge in [-0.25, -0.2) is 0 Å². The van der Waals surface area contributed by atoms with Crippen LogP contribution in [0.2, 0.25) is 0 Å². The van der Waals surface area contributed by atoms with Crippen LogP contribution in [0, 0.1) is 25.7 Å². The second kappa shape index (κ2) is 8.14. The molecule has 0 aromatic heterocycles. The number of ketones is 1.